The summed E-state index contributed by atoms with van der Waals surface area (Å²) in [5.41, 5.74) is 4.89. The van der Waals surface area contributed by atoms with Crippen LogP contribution in [0, 0.1) is 17.8 Å². The van der Waals surface area contributed by atoms with Crippen LogP contribution < -0.4 is 9.47 Å². The first-order chi connectivity index (χ1) is 34.0. The normalized spacial score (nSPS) is 22.0. The average molecular weight is 939 g/mol. The van der Waals surface area contributed by atoms with Crippen molar-refractivity contribution in [3.05, 3.63) is 145 Å². The lowest BCUT2D eigenvalue weighted by Crippen LogP contribution is -2.70. The van der Waals surface area contributed by atoms with Gasteiger partial charge in [0.2, 0.25) is 11.7 Å². The number of ether oxygens (including phenoxy) is 3. The molecule has 7 rings (SSSR count). The number of aliphatic hydroxyl groups excluding tert-OH is 2. The lowest BCUT2D eigenvalue weighted by molar-refractivity contribution is -0.258. The molecular weight excluding hydrogens is 861 g/mol. The monoisotopic (exact) mass is 939 g/mol. The number of fused-ring (bicyclic) bond motifs is 3. The van der Waals surface area contributed by atoms with Crippen LogP contribution in [0.4, 0.5) is 0 Å². The van der Waals surface area contributed by atoms with Gasteiger partial charge in [0, 0.05) is 44.1 Å². The van der Waals surface area contributed by atoms with Crippen LogP contribution in [0.2, 0.25) is 0 Å². The average Bonchev–Trinajstić information content (AvgIpc) is 3.37. The molecule has 0 aromatic heterocycles. The lowest BCUT2D eigenvalue weighted by Gasteiger charge is -2.60. The molecule has 370 valence electrons. The summed E-state index contributed by atoms with van der Waals surface area (Å²) in [6.45, 7) is 11.7. The van der Waals surface area contributed by atoms with Crippen LogP contribution in [0.1, 0.15) is 139 Å². The molecule has 6 unspecified atom stereocenters. The minimum absolute atomic E-state index is 0.0609. The van der Waals surface area contributed by atoms with Crippen LogP contribution in [0.15, 0.2) is 133 Å². The third-order valence-corrected chi connectivity index (χ3v) is 14.7. The van der Waals surface area contributed by atoms with Crippen LogP contribution in [-0.2, 0) is 27.5 Å². The SMILES string of the molecule is C=CCOc1ccc2c(c1)C1C(CCCCO)C(CCCCO)C=C3C(=NOCc4ccccc4)CC(N(Cc4cccc5ccccc45)C(=O)CCCCCCCCCCC)C(OCC=C)(O2)C31. The predicted molar refractivity (Wildman–Crippen MR) is 278 cm³/mol. The number of aliphatic hydroxyl groups is 2. The van der Waals surface area contributed by atoms with E-state index < -0.39 is 17.7 Å². The highest BCUT2D eigenvalue weighted by Crippen LogP contribution is 2.62. The van der Waals surface area contributed by atoms with E-state index in [1.165, 1.54) is 38.5 Å². The van der Waals surface area contributed by atoms with E-state index >= 15 is 4.79 Å². The molecule has 1 saturated carbocycles. The Morgan fingerprint density at radius 3 is 2.28 bits per heavy atom. The molecule has 1 amide bonds. The van der Waals surface area contributed by atoms with Crippen molar-refractivity contribution in [3.8, 4) is 11.5 Å². The number of amides is 1. The van der Waals surface area contributed by atoms with Gasteiger partial charge in [0.25, 0.3) is 0 Å². The summed E-state index contributed by atoms with van der Waals surface area (Å²) in [6, 6.07) is 30.3. The van der Waals surface area contributed by atoms with Gasteiger partial charge in [-0.3, -0.25) is 4.79 Å². The molecule has 4 aromatic rings. The maximum Gasteiger partial charge on any atom is 0.239 e. The molecule has 0 spiro atoms. The number of carbonyl (C=O) groups excluding carboxylic acids is 1. The van der Waals surface area contributed by atoms with Crippen molar-refractivity contribution < 1.29 is 34.1 Å². The van der Waals surface area contributed by atoms with E-state index in [2.05, 4.69) is 79.6 Å². The highest BCUT2D eigenvalue weighted by atomic mass is 16.7. The zero-order valence-electron chi connectivity index (χ0n) is 41.3. The molecule has 1 aliphatic heterocycles. The molecule has 9 heteroatoms. The number of carbonyl (C=O) groups is 1. The van der Waals surface area contributed by atoms with Crippen LogP contribution in [-0.4, -0.2) is 65.0 Å². The Balaban J connectivity index is 1.39. The van der Waals surface area contributed by atoms with Gasteiger partial charge in [-0.15, -0.1) is 6.58 Å². The highest BCUT2D eigenvalue weighted by molar-refractivity contribution is 6.03. The Labute approximate surface area is 412 Å². The van der Waals surface area contributed by atoms with E-state index in [1.807, 2.05) is 42.5 Å². The smallest absolute Gasteiger partial charge is 0.239 e. The molecular formula is C60H78N2O7. The second kappa shape index (κ2) is 26.7. The van der Waals surface area contributed by atoms with Crippen LogP contribution in [0.5, 0.6) is 11.5 Å². The zero-order valence-corrected chi connectivity index (χ0v) is 41.3. The van der Waals surface area contributed by atoms with Crippen molar-refractivity contribution >= 4 is 22.4 Å². The number of oxime groups is 1. The van der Waals surface area contributed by atoms with Crippen molar-refractivity contribution in [2.75, 3.05) is 26.4 Å². The third-order valence-electron chi connectivity index (χ3n) is 14.7. The van der Waals surface area contributed by atoms with Crippen molar-refractivity contribution in [1.29, 1.82) is 0 Å². The Morgan fingerprint density at radius 1 is 0.812 bits per heavy atom. The zero-order chi connectivity index (χ0) is 48.3. The summed E-state index contributed by atoms with van der Waals surface area (Å²) >= 11 is 0. The largest absolute Gasteiger partial charge is 0.490 e. The van der Waals surface area contributed by atoms with Gasteiger partial charge in [0.05, 0.1) is 18.2 Å². The van der Waals surface area contributed by atoms with Gasteiger partial charge < -0.3 is 34.2 Å². The maximum absolute atomic E-state index is 15.5. The van der Waals surface area contributed by atoms with Crippen molar-refractivity contribution in [2.45, 2.75) is 147 Å². The topological polar surface area (TPSA) is 110 Å². The molecule has 4 aromatic carbocycles. The van der Waals surface area contributed by atoms with Gasteiger partial charge in [0.1, 0.15) is 30.8 Å². The molecule has 1 heterocycles. The standard InChI is InChI=1S/C60H78N2O7/c1-4-7-8-9-10-11-12-13-17-33-57(65)62(43-48-30-24-29-46-27-18-19-31-50(46)48)56-42-54(61-68-44-45-25-15-14-16-26-45)52-40-47(28-20-22-36-63)51(32-21-23-37-64)58-53-41-49(66-38-5-2)34-35-55(53)69-60(56,59(52)58)67-39-6-3/h5-6,14-16,18-19,24-27,29-31,34-35,40-41,47,51,56,58-59,63-64H,2-4,7-13,17,20-23,28,32-33,36-39,42-44H2,1H3. The number of benzene rings is 4. The fraction of sp³-hybridized carbons (Fsp3) is 0.500. The Hall–Kier alpha value is -5.22. The molecule has 6 atom stereocenters. The number of unbranched alkanes of at least 4 members (excludes halogenated alkanes) is 10. The molecule has 69 heavy (non-hydrogen) atoms. The molecule has 1 fully saturated rings. The summed E-state index contributed by atoms with van der Waals surface area (Å²) in [6.07, 6.45) is 21.9. The van der Waals surface area contributed by atoms with Gasteiger partial charge >= 0.3 is 0 Å². The number of hydrogen-bond donors (Lipinski definition) is 2. The quantitative estimate of drug-likeness (QED) is 0.0304. The summed E-state index contributed by atoms with van der Waals surface area (Å²) < 4.78 is 21.1. The number of allylic oxidation sites excluding steroid dienone is 1. The van der Waals surface area contributed by atoms with Gasteiger partial charge in [-0.2, -0.15) is 0 Å². The molecule has 2 N–H and O–H groups in total. The summed E-state index contributed by atoms with van der Waals surface area (Å²) in [4.78, 5) is 23.9. The molecule has 0 bridgehead atoms. The number of hydrogen-bond acceptors (Lipinski definition) is 8. The minimum atomic E-state index is -1.36. The van der Waals surface area contributed by atoms with Crippen LogP contribution in [0.25, 0.3) is 10.8 Å². The summed E-state index contributed by atoms with van der Waals surface area (Å²) in [5, 5.41) is 27.4. The fourth-order valence-electron chi connectivity index (χ4n) is 11.4. The first-order valence-electron chi connectivity index (χ1n) is 26.2. The number of rotatable bonds is 30. The first kappa shape index (κ1) is 51.6. The molecule has 0 saturated heterocycles. The van der Waals surface area contributed by atoms with Crippen molar-refractivity contribution in [3.63, 3.8) is 0 Å². The molecule has 2 aliphatic carbocycles. The van der Waals surface area contributed by atoms with Gasteiger partial charge in [-0.25, -0.2) is 0 Å². The number of nitrogens with zero attached hydrogens (tertiary/aromatic N) is 2. The molecule has 9 nitrogen and oxygen atoms in total. The van der Waals surface area contributed by atoms with Crippen LogP contribution >= 0.6 is 0 Å². The Kier molecular flexibility index (Phi) is 20.0. The molecule has 3 aliphatic rings. The van der Waals surface area contributed by atoms with Gasteiger partial charge in [-0.1, -0.05) is 174 Å². The van der Waals surface area contributed by atoms with Crippen molar-refractivity contribution in [2.24, 2.45) is 22.9 Å². The van der Waals surface area contributed by atoms with Crippen LogP contribution in [0.3, 0.4) is 0 Å². The van der Waals surface area contributed by atoms with Crippen molar-refractivity contribution in [1.82, 2.24) is 4.90 Å². The van der Waals surface area contributed by atoms with E-state index in [9.17, 15) is 10.2 Å². The lowest BCUT2D eigenvalue weighted by atomic mass is 9.55. The first-order valence-corrected chi connectivity index (χ1v) is 26.2. The summed E-state index contributed by atoms with van der Waals surface area (Å²) in [5.74, 6) is -0.227. The van der Waals surface area contributed by atoms with E-state index in [1.54, 1.807) is 12.2 Å². The highest BCUT2D eigenvalue weighted by Gasteiger charge is 2.65. The second-order valence-electron chi connectivity index (χ2n) is 19.4. The van der Waals surface area contributed by atoms with Gasteiger partial charge in [0.15, 0.2) is 0 Å². The van der Waals surface area contributed by atoms with E-state index in [4.69, 9.17) is 24.2 Å². The summed E-state index contributed by atoms with van der Waals surface area (Å²) in [7, 11) is 0. The van der Waals surface area contributed by atoms with E-state index in [0.717, 1.165) is 89.4 Å². The van der Waals surface area contributed by atoms with E-state index in [-0.39, 0.29) is 43.5 Å². The molecule has 0 radical (unpaired) electrons. The Morgan fingerprint density at radius 2 is 1.52 bits per heavy atom. The minimum Gasteiger partial charge on any atom is -0.490 e. The second-order valence-corrected chi connectivity index (χ2v) is 19.4. The third kappa shape index (κ3) is 13.0. The maximum atomic E-state index is 15.5. The Bertz CT molecular complexity index is 2300. The fourth-order valence-corrected chi connectivity index (χ4v) is 11.4. The predicted octanol–water partition coefficient (Wildman–Crippen LogP) is 13.2. The van der Waals surface area contributed by atoms with E-state index in [0.29, 0.717) is 51.2 Å². The van der Waals surface area contributed by atoms with Gasteiger partial charge in [-0.05, 0) is 89.6 Å².